The Balaban J connectivity index is 1.56. The average Bonchev–Trinajstić information content (AvgIpc) is 3.05. The fourth-order valence-electron chi connectivity index (χ4n) is 3.87. The Morgan fingerprint density at radius 3 is 2.32 bits per heavy atom. The molecule has 1 atom stereocenters. The van der Waals surface area contributed by atoms with Crippen molar-refractivity contribution >= 4 is 5.69 Å². The third kappa shape index (κ3) is 3.64. The molecule has 1 aromatic carbocycles. The van der Waals surface area contributed by atoms with E-state index < -0.39 is 0 Å². The quantitative estimate of drug-likeness (QED) is 0.828. The Morgan fingerprint density at radius 1 is 1.00 bits per heavy atom. The molecule has 2 aliphatic heterocycles. The molecule has 0 radical (unpaired) electrons. The van der Waals surface area contributed by atoms with Crippen LogP contribution in [0.1, 0.15) is 44.6 Å². The monoisotopic (exact) mass is 302 g/mol. The molecule has 0 saturated carbocycles. The maximum absolute atomic E-state index is 5.74. The lowest BCUT2D eigenvalue weighted by Crippen LogP contribution is -2.37. The zero-order valence-electron chi connectivity index (χ0n) is 14.1. The molecule has 2 fully saturated rings. The van der Waals surface area contributed by atoms with E-state index in [0.717, 1.165) is 38.5 Å². The summed E-state index contributed by atoms with van der Waals surface area (Å²) in [6, 6.07) is 9.36. The maximum atomic E-state index is 5.74. The third-order valence-corrected chi connectivity index (χ3v) is 5.29. The fourth-order valence-corrected chi connectivity index (χ4v) is 3.87. The zero-order chi connectivity index (χ0) is 15.4. The molecule has 0 amide bonds. The molecule has 0 aromatic heterocycles. The molecule has 2 saturated heterocycles. The van der Waals surface area contributed by atoms with Gasteiger partial charge in [0.2, 0.25) is 0 Å². The predicted molar refractivity (Wildman–Crippen MR) is 92.8 cm³/mol. The van der Waals surface area contributed by atoms with Crippen LogP contribution in [0.25, 0.3) is 0 Å². The summed E-state index contributed by atoms with van der Waals surface area (Å²) in [4.78, 5) is 5.06. The number of benzene rings is 1. The van der Waals surface area contributed by atoms with Gasteiger partial charge in [-0.2, -0.15) is 0 Å². The van der Waals surface area contributed by atoms with Crippen molar-refractivity contribution in [3.05, 3.63) is 29.8 Å². The number of hydrogen-bond donors (Lipinski definition) is 0. The summed E-state index contributed by atoms with van der Waals surface area (Å²) in [5.41, 5.74) is 2.90. The second kappa shape index (κ2) is 7.47. The summed E-state index contributed by atoms with van der Waals surface area (Å²) in [5, 5.41) is 0. The van der Waals surface area contributed by atoms with E-state index in [-0.39, 0.29) is 0 Å². The molecule has 0 aliphatic carbocycles. The van der Waals surface area contributed by atoms with E-state index in [1.807, 2.05) is 0 Å². The lowest BCUT2D eigenvalue weighted by atomic mass is 9.98. The van der Waals surface area contributed by atoms with Gasteiger partial charge in [-0.3, -0.25) is 0 Å². The number of hydrogen-bond acceptors (Lipinski definition) is 3. The van der Waals surface area contributed by atoms with Gasteiger partial charge >= 0.3 is 0 Å². The van der Waals surface area contributed by atoms with Gasteiger partial charge < -0.3 is 14.5 Å². The van der Waals surface area contributed by atoms with Gasteiger partial charge in [-0.25, -0.2) is 0 Å². The van der Waals surface area contributed by atoms with Gasteiger partial charge in [0.05, 0.1) is 6.10 Å². The first-order chi connectivity index (χ1) is 10.8. The highest BCUT2D eigenvalue weighted by Crippen LogP contribution is 2.29. The van der Waals surface area contributed by atoms with Crippen molar-refractivity contribution in [1.29, 1.82) is 0 Å². The highest BCUT2D eigenvalue weighted by molar-refractivity contribution is 5.48. The summed E-state index contributed by atoms with van der Waals surface area (Å²) in [6.07, 6.45) is 4.10. The van der Waals surface area contributed by atoms with E-state index in [2.05, 4.69) is 47.9 Å². The van der Waals surface area contributed by atoms with Crippen LogP contribution in [0.15, 0.2) is 24.3 Å². The molecule has 0 spiro atoms. The Hall–Kier alpha value is -1.06. The van der Waals surface area contributed by atoms with Crippen LogP contribution >= 0.6 is 0 Å². The van der Waals surface area contributed by atoms with Gasteiger partial charge in [0.1, 0.15) is 0 Å². The largest absolute Gasteiger partial charge is 0.378 e. The van der Waals surface area contributed by atoms with E-state index in [9.17, 15) is 0 Å². The van der Waals surface area contributed by atoms with E-state index in [1.54, 1.807) is 0 Å². The smallest absolute Gasteiger partial charge is 0.0608 e. The van der Waals surface area contributed by atoms with Crippen molar-refractivity contribution in [1.82, 2.24) is 4.90 Å². The number of rotatable bonds is 5. The molecule has 122 valence electrons. The standard InChI is InChI=1S/C19H30N2O/c1-3-20-12-9-17(15-20)16-5-7-18(8-6-16)21-13-10-19(11-14-21)22-4-2/h5-8,17,19H,3-4,9-15H2,1-2H3. The van der Waals surface area contributed by atoms with Crippen molar-refractivity contribution in [2.45, 2.75) is 45.1 Å². The summed E-state index contributed by atoms with van der Waals surface area (Å²) in [6.45, 7) is 11.1. The molecule has 1 unspecified atom stereocenters. The van der Waals surface area contributed by atoms with Crippen LogP contribution in [0, 0.1) is 0 Å². The van der Waals surface area contributed by atoms with Gasteiger partial charge in [-0.05, 0) is 62.9 Å². The van der Waals surface area contributed by atoms with Gasteiger partial charge in [0.15, 0.2) is 0 Å². The predicted octanol–water partition coefficient (Wildman–Crippen LogP) is 3.50. The summed E-state index contributed by atoms with van der Waals surface area (Å²) < 4.78 is 5.74. The van der Waals surface area contributed by atoms with Crippen molar-refractivity contribution in [2.75, 3.05) is 44.2 Å². The number of ether oxygens (including phenoxy) is 1. The van der Waals surface area contributed by atoms with E-state index >= 15 is 0 Å². The molecule has 2 aliphatic rings. The average molecular weight is 302 g/mol. The molecule has 3 heteroatoms. The van der Waals surface area contributed by atoms with Crippen LogP contribution in [-0.2, 0) is 4.74 Å². The minimum absolute atomic E-state index is 0.471. The third-order valence-electron chi connectivity index (χ3n) is 5.29. The van der Waals surface area contributed by atoms with Crippen LogP contribution in [0.4, 0.5) is 5.69 Å². The lowest BCUT2D eigenvalue weighted by Gasteiger charge is -2.33. The highest BCUT2D eigenvalue weighted by atomic mass is 16.5. The van der Waals surface area contributed by atoms with E-state index in [0.29, 0.717) is 6.10 Å². The number of likely N-dealkylation sites (N-methyl/N-ethyl adjacent to an activating group) is 1. The minimum Gasteiger partial charge on any atom is -0.378 e. The van der Waals surface area contributed by atoms with Gasteiger partial charge in [-0.15, -0.1) is 0 Å². The number of anilines is 1. The minimum atomic E-state index is 0.471. The summed E-state index contributed by atoms with van der Waals surface area (Å²) >= 11 is 0. The molecular weight excluding hydrogens is 272 g/mol. The SMILES string of the molecule is CCOC1CCN(c2ccc(C3CCN(CC)C3)cc2)CC1. The van der Waals surface area contributed by atoms with Crippen molar-refractivity contribution in [3.8, 4) is 0 Å². The second-order valence-corrected chi connectivity index (χ2v) is 6.61. The van der Waals surface area contributed by atoms with Gasteiger partial charge in [0.25, 0.3) is 0 Å². The van der Waals surface area contributed by atoms with Crippen LogP contribution in [0.3, 0.4) is 0 Å². The zero-order valence-corrected chi connectivity index (χ0v) is 14.1. The molecule has 3 rings (SSSR count). The molecule has 0 N–H and O–H groups in total. The number of nitrogens with zero attached hydrogens (tertiary/aromatic N) is 2. The van der Waals surface area contributed by atoms with E-state index in [4.69, 9.17) is 4.74 Å². The van der Waals surface area contributed by atoms with Gasteiger partial charge in [-0.1, -0.05) is 19.1 Å². The van der Waals surface area contributed by atoms with E-state index in [1.165, 1.54) is 37.3 Å². The second-order valence-electron chi connectivity index (χ2n) is 6.61. The number of likely N-dealkylation sites (tertiary alicyclic amines) is 1. The molecule has 1 aromatic rings. The van der Waals surface area contributed by atoms with Gasteiger partial charge in [0, 0.05) is 31.9 Å². The normalized spacial score (nSPS) is 24.1. The highest BCUT2D eigenvalue weighted by Gasteiger charge is 2.23. The Morgan fingerprint density at radius 2 is 1.73 bits per heavy atom. The first kappa shape index (κ1) is 15.8. The molecule has 0 bridgehead atoms. The maximum Gasteiger partial charge on any atom is 0.0608 e. The molecule has 22 heavy (non-hydrogen) atoms. The molecule has 3 nitrogen and oxygen atoms in total. The number of piperidine rings is 1. The van der Waals surface area contributed by atoms with Crippen LogP contribution in [0.5, 0.6) is 0 Å². The Bertz CT molecular complexity index is 451. The van der Waals surface area contributed by atoms with Crippen LogP contribution in [0.2, 0.25) is 0 Å². The topological polar surface area (TPSA) is 15.7 Å². The summed E-state index contributed by atoms with van der Waals surface area (Å²) in [7, 11) is 0. The first-order valence-corrected chi connectivity index (χ1v) is 8.99. The van der Waals surface area contributed by atoms with Crippen molar-refractivity contribution in [2.24, 2.45) is 0 Å². The van der Waals surface area contributed by atoms with Crippen molar-refractivity contribution in [3.63, 3.8) is 0 Å². The molecule has 2 heterocycles. The Kier molecular flexibility index (Phi) is 5.37. The fraction of sp³-hybridized carbons (Fsp3) is 0.684. The Labute approximate surface area is 135 Å². The van der Waals surface area contributed by atoms with Crippen LogP contribution < -0.4 is 4.90 Å². The lowest BCUT2D eigenvalue weighted by molar-refractivity contribution is 0.0459. The first-order valence-electron chi connectivity index (χ1n) is 8.99. The molecular formula is C19H30N2O. The van der Waals surface area contributed by atoms with Crippen LogP contribution in [-0.4, -0.2) is 50.3 Å². The van der Waals surface area contributed by atoms with Crippen molar-refractivity contribution < 1.29 is 4.74 Å². The summed E-state index contributed by atoms with van der Waals surface area (Å²) in [5.74, 6) is 0.734.